The number of amides is 3. The molecule has 3 amide bonds. The number of phenolic OH excluding ortho intramolecular Hbond substituents is 1. The Morgan fingerprint density at radius 1 is 0.825 bits per heavy atom. The van der Waals surface area contributed by atoms with Crippen molar-refractivity contribution in [1.82, 2.24) is 25.9 Å². The summed E-state index contributed by atoms with van der Waals surface area (Å²) >= 11 is 4.17. The fourth-order valence-electron chi connectivity index (χ4n) is 3.87. The Morgan fingerprint density at radius 3 is 2.00 bits per heavy atom. The zero-order valence-electron chi connectivity index (χ0n) is 21.5. The minimum absolute atomic E-state index is 0.0291. The van der Waals surface area contributed by atoms with Gasteiger partial charge in [0, 0.05) is 36.9 Å². The fourth-order valence-corrected chi connectivity index (χ4v) is 4.13. The minimum Gasteiger partial charge on any atom is -0.508 e. The number of aromatic nitrogens is 2. The molecule has 0 radical (unpaired) electrons. The summed E-state index contributed by atoms with van der Waals surface area (Å²) in [5.74, 6) is -3.37. The molecule has 0 aliphatic rings. The molecular weight excluding hydrogens is 536 g/mol. The number of thiol groups is 1. The van der Waals surface area contributed by atoms with Crippen LogP contribution in [-0.2, 0) is 38.4 Å². The zero-order chi connectivity index (χ0) is 29.1. The number of aromatic amines is 1. The third-order valence-electron chi connectivity index (χ3n) is 6.05. The lowest BCUT2D eigenvalue weighted by atomic mass is 10.0. The van der Waals surface area contributed by atoms with Crippen LogP contribution in [-0.4, -0.2) is 73.8 Å². The summed E-state index contributed by atoms with van der Waals surface area (Å²) in [6.07, 6.45) is 3.22. The number of carbonyl (C=O) groups is 4. The third-order valence-corrected chi connectivity index (χ3v) is 6.42. The summed E-state index contributed by atoms with van der Waals surface area (Å²) in [7, 11) is 0. The van der Waals surface area contributed by atoms with Crippen LogP contribution in [0.4, 0.5) is 0 Å². The molecule has 0 aliphatic carbocycles. The Morgan fingerprint density at radius 2 is 1.40 bits per heavy atom. The highest BCUT2D eigenvalue weighted by Gasteiger charge is 2.30. The second-order valence-electron chi connectivity index (χ2n) is 9.15. The second-order valence-corrected chi connectivity index (χ2v) is 9.52. The number of aromatic hydroxyl groups is 1. The van der Waals surface area contributed by atoms with Crippen molar-refractivity contribution in [2.24, 2.45) is 5.73 Å². The van der Waals surface area contributed by atoms with Crippen LogP contribution in [0.2, 0.25) is 0 Å². The first kappa shape index (κ1) is 30.2. The average molecular weight is 569 g/mol. The summed E-state index contributed by atoms with van der Waals surface area (Å²) in [6.45, 7) is 0. The predicted molar refractivity (Wildman–Crippen MR) is 150 cm³/mol. The van der Waals surface area contributed by atoms with Gasteiger partial charge in [-0.1, -0.05) is 42.5 Å². The highest BCUT2D eigenvalue weighted by molar-refractivity contribution is 7.80. The first-order valence-electron chi connectivity index (χ1n) is 12.5. The summed E-state index contributed by atoms with van der Waals surface area (Å²) in [5, 5.41) is 26.9. The number of nitrogens with one attached hydrogen (secondary N) is 4. The molecule has 40 heavy (non-hydrogen) atoms. The standard InChI is InChI=1S/C27H32N6O6S/c28-20(12-18-13-29-15-30-18)24(35)31-21(10-17-6-8-19(34)9-7-17)25(36)33-23(14-40)26(37)32-22(27(38)39)11-16-4-2-1-3-5-16/h1-9,13,15,20-23,34,40H,10-12,14,28H2,(H,29,30)(H,31,35)(H,32,37)(H,33,36)(H,38,39). The van der Waals surface area contributed by atoms with Crippen LogP contribution >= 0.6 is 12.6 Å². The fraction of sp³-hybridized carbons (Fsp3) is 0.296. The number of benzene rings is 2. The smallest absolute Gasteiger partial charge is 0.326 e. The van der Waals surface area contributed by atoms with Gasteiger partial charge in [0.05, 0.1) is 12.4 Å². The molecule has 12 nitrogen and oxygen atoms in total. The summed E-state index contributed by atoms with van der Waals surface area (Å²) in [6, 6.07) is 10.3. The van der Waals surface area contributed by atoms with Gasteiger partial charge in [0.2, 0.25) is 17.7 Å². The molecule has 1 heterocycles. The van der Waals surface area contributed by atoms with E-state index in [9.17, 15) is 29.4 Å². The number of aliphatic carboxylic acids is 1. The van der Waals surface area contributed by atoms with E-state index in [0.29, 0.717) is 16.8 Å². The van der Waals surface area contributed by atoms with Crippen molar-refractivity contribution >= 4 is 36.3 Å². The first-order valence-corrected chi connectivity index (χ1v) is 13.1. The van der Waals surface area contributed by atoms with Crippen LogP contribution in [0.1, 0.15) is 16.8 Å². The van der Waals surface area contributed by atoms with Crippen molar-refractivity contribution < 1.29 is 29.4 Å². The molecule has 3 aromatic rings. The maximum Gasteiger partial charge on any atom is 0.326 e. The molecule has 8 N–H and O–H groups in total. The van der Waals surface area contributed by atoms with Crippen LogP contribution in [0.25, 0.3) is 0 Å². The van der Waals surface area contributed by atoms with Crippen LogP contribution in [0.3, 0.4) is 0 Å². The Kier molecular flexibility index (Phi) is 11.1. The highest BCUT2D eigenvalue weighted by Crippen LogP contribution is 2.12. The quantitative estimate of drug-likeness (QED) is 0.124. The van der Waals surface area contributed by atoms with Gasteiger partial charge >= 0.3 is 5.97 Å². The van der Waals surface area contributed by atoms with E-state index in [0.717, 1.165) is 0 Å². The predicted octanol–water partition coefficient (Wildman–Crippen LogP) is -0.0607. The third kappa shape index (κ3) is 9.13. The lowest BCUT2D eigenvalue weighted by molar-refractivity contribution is -0.142. The number of carbonyl (C=O) groups excluding carboxylic acids is 3. The number of carboxylic acids is 1. The molecule has 0 saturated heterocycles. The van der Waals surface area contributed by atoms with Crippen LogP contribution in [0, 0.1) is 0 Å². The van der Waals surface area contributed by atoms with Gasteiger partial charge in [-0.3, -0.25) is 14.4 Å². The summed E-state index contributed by atoms with van der Waals surface area (Å²) in [4.78, 5) is 57.7. The van der Waals surface area contributed by atoms with Gasteiger partial charge in [-0.25, -0.2) is 9.78 Å². The Hall–Kier alpha value is -4.36. The first-order chi connectivity index (χ1) is 19.2. The molecule has 2 aromatic carbocycles. The number of H-pyrrole nitrogens is 1. The lowest BCUT2D eigenvalue weighted by Gasteiger charge is -2.24. The average Bonchev–Trinajstić information content (AvgIpc) is 3.45. The molecular formula is C27H32N6O6S. The number of carboxylic acid groups (broad SMARTS) is 1. The molecule has 3 rings (SSSR count). The number of hydrogen-bond donors (Lipinski definition) is 8. The van der Waals surface area contributed by atoms with Crippen molar-refractivity contribution in [2.75, 3.05) is 5.75 Å². The number of nitrogens with two attached hydrogens (primary N) is 1. The van der Waals surface area contributed by atoms with Crippen molar-refractivity contribution in [3.8, 4) is 5.75 Å². The molecule has 1 aromatic heterocycles. The monoisotopic (exact) mass is 568 g/mol. The van der Waals surface area contributed by atoms with Crippen molar-refractivity contribution in [3.63, 3.8) is 0 Å². The van der Waals surface area contributed by atoms with E-state index in [4.69, 9.17) is 5.73 Å². The van der Waals surface area contributed by atoms with Gasteiger partial charge in [-0.05, 0) is 23.3 Å². The van der Waals surface area contributed by atoms with Crippen LogP contribution < -0.4 is 21.7 Å². The van der Waals surface area contributed by atoms with E-state index in [1.807, 2.05) is 0 Å². The van der Waals surface area contributed by atoms with Gasteiger partial charge < -0.3 is 36.9 Å². The van der Waals surface area contributed by atoms with Gasteiger partial charge in [0.25, 0.3) is 0 Å². The number of rotatable bonds is 14. The molecule has 4 atom stereocenters. The number of nitrogens with zero attached hydrogens (tertiary/aromatic N) is 1. The maximum atomic E-state index is 13.3. The molecule has 0 saturated carbocycles. The Bertz CT molecular complexity index is 1270. The number of hydrogen-bond acceptors (Lipinski definition) is 8. The highest BCUT2D eigenvalue weighted by atomic mass is 32.1. The molecule has 0 spiro atoms. The van der Waals surface area contributed by atoms with E-state index in [2.05, 4.69) is 38.5 Å². The topological polar surface area (TPSA) is 200 Å². The van der Waals surface area contributed by atoms with Gasteiger partial charge in [0.1, 0.15) is 23.9 Å². The maximum absolute atomic E-state index is 13.3. The normalized spacial score (nSPS) is 13.8. The van der Waals surface area contributed by atoms with Gasteiger partial charge in [0.15, 0.2) is 0 Å². The van der Waals surface area contributed by atoms with Crippen molar-refractivity contribution in [3.05, 3.63) is 83.9 Å². The molecule has 0 aliphatic heterocycles. The van der Waals surface area contributed by atoms with Crippen LogP contribution in [0.15, 0.2) is 67.1 Å². The second kappa shape index (κ2) is 14.7. The summed E-state index contributed by atoms with van der Waals surface area (Å²) in [5.41, 5.74) is 8.01. The lowest BCUT2D eigenvalue weighted by Crippen LogP contribution is -2.58. The van der Waals surface area contributed by atoms with E-state index in [1.54, 1.807) is 42.5 Å². The number of imidazole rings is 1. The van der Waals surface area contributed by atoms with Gasteiger partial charge in [-0.15, -0.1) is 0 Å². The van der Waals surface area contributed by atoms with E-state index >= 15 is 0 Å². The van der Waals surface area contributed by atoms with Gasteiger partial charge in [-0.2, -0.15) is 12.6 Å². The molecule has 0 fully saturated rings. The molecule has 0 bridgehead atoms. The zero-order valence-corrected chi connectivity index (χ0v) is 22.4. The van der Waals surface area contributed by atoms with E-state index < -0.39 is 47.9 Å². The van der Waals surface area contributed by atoms with E-state index in [1.165, 1.54) is 24.7 Å². The van der Waals surface area contributed by atoms with E-state index in [-0.39, 0.29) is 30.8 Å². The SMILES string of the molecule is NC(Cc1cnc[nH]1)C(=O)NC(Cc1ccc(O)cc1)C(=O)NC(CS)C(=O)NC(Cc1ccccc1)C(=O)O. The Balaban J connectivity index is 1.70. The molecule has 13 heteroatoms. The Labute approximate surface area is 236 Å². The number of phenols is 1. The molecule has 4 unspecified atom stereocenters. The largest absolute Gasteiger partial charge is 0.508 e. The van der Waals surface area contributed by atoms with Crippen LogP contribution in [0.5, 0.6) is 5.75 Å². The van der Waals surface area contributed by atoms with Crippen molar-refractivity contribution in [2.45, 2.75) is 43.4 Å². The minimum atomic E-state index is -1.23. The van der Waals surface area contributed by atoms with Crippen molar-refractivity contribution in [1.29, 1.82) is 0 Å². The molecule has 212 valence electrons. The summed E-state index contributed by atoms with van der Waals surface area (Å²) < 4.78 is 0.